The van der Waals surface area contributed by atoms with Crippen LogP contribution in [0.2, 0.25) is 5.02 Å². The highest BCUT2D eigenvalue weighted by atomic mass is 35.5. The van der Waals surface area contributed by atoms with Crippen molar-refractivity contribution in [2.45, 2.75) is 12.7 Å². The molecule has 1 heterocycles. The van der Waals surface area contributed by atoms with E-state index in [-0.39, 0.29) is 6.54 Å². The molecule has 0 fully saturated rings. The van der Waals surface area contributed by atoms with Gasteiger partial charge in [0.25, 0.3) is 0 Å². The second-order valence-electron chi connectivity index (χ2n) is 3.65. The maximum Gasteiger partial charge on any atom is 0.419 e. The fourth-order valence-corrected chi connectivity index (χ4v) is 1.71. The van der Waals surface area contributed by atoms with Gasteiger partial charge in [0, 0.05) is 17.8 Å². The molecule has 0 aliphatic carbocycles. The van der Waals surface area contributed by atoms with E-state index in [2.05, 4.69) is 5.10 Å². The van der Waals surface area contributed by atoms with Crippen molar-refractivity contribution in [3.05, 3.63) is 46.7 Å². The summed E-state index contributed by atoms with van der Waals surface area (Å²) in [4.78, 5) is 0. The molecule has 0 atom stereocenters. The van der Waals surface area contributed by atoms with Gasteiger partial charge < -0.3 is 5.73 Å². The minimum absolute atomic E-state index is 0.270. The highest BCUT2D eigenvalue weighted by Gasteiger charge is 2.32. The monoisotopic (exact) mass is 275 g/mol. The molecule has 1 aromatic carbocycles. The van der Waals surface area contributed by atoms with Crippen LogP contribution in [0.1, 0.15) is 11.1 Å². The fourth-order valence-electron chi connectivity index (χ4n) is 1.45. The van der Waals surface area contributed by atoms with Gasteiger partial charge in [-0.2, -0.15) is 18.3 Å². The van der Waals surface area contributed by atoms with Gasteiger partial charge in [-0.25, -0.2) is 4.68 Å². The molecular formula is C11H9ClF3N3. The lowest BCUT2D eigenvalue weighted by atomic mass is 10.2. The predicted octanol–water partition coefficient (Wildman–Crippen LogP) is 3.00. The van der Waals surface area contributed by atoms with Crippen LogP contribution in [-0.2, 0) is 12.7 Å². The van der Waals surface area contributed by atoms with Gasteiger partial charge in [0.2, 0.25) is 0 Å². The molecule has 3 nitrogen and oxygen atoms in total. The smallest absolute Gasteiger partial charge is 0.326 e. The van der Waals surface area contributed by atoms with Crippen LogP contribution in [0.15, 0.2) is 30.6 Å². The van der Waals surface area contributed by atoms with E-state index in [4.69, 9.17) is 17.3 Å². The maximum absolute atomic E-state index is 12.4. The van der Waals surface area contributed by atoms with Crippen LogP contribution in [0.25, 0.3) is 5.69 Å². The van der Waals surface area contributed by atoms with Gasteiger partial charge in [0.05, 0.1) is 17.4 Å². The molecule has 2 rings (SSSR count). The van der Waals surface area contributed by atoms with Crippen LogP contribution in [0, 0.1) is 0 Å². The van der Waals surface area contributed by atoms with Gasteiger partial charge in [-0.1, -0.05) is 17.7 Å². The van der Waals surface area contributed by atoms with Gasteiger partial charge in [-0.15, -0.1) is 0 Å². The Kier molecular flexibility index (Phi) is 3.32. The average Bonchev–Trinajstić information content (AvgIpc) is 2.77. The summed E-state index contributed by atoms with van der Waals surface area (Å²) in [6.07, 6.45) is -2.72. The first kappa shape index (κ1) is 12.9. The van der Waals surface area contributed by atoms with Crippen molar-refractivity contribution in [1.29, 1.82) is 0 Å². The number of nitrogens with two attached hydrogens (primary N) is 1. The first-order chi connectivity index (χ1) is 8.41. The molecule has 0 saturated carbocycles. The molecule has 0 unspecified atom stereocenters. The number of alkyl halides is 3. The van der Waals surface area contributed by atoms with Crippen LogP contribution in [0.4, 0.5) is 13.2 Å². The van der Waals surface area contributed by atoms with Gasteiger partial charge in [-0.05, 0) is 17.7 Å². The molecule has 0 radical (unpaired) electrons. The topological polar surface area (TPSA) is 43.8 Å². The zero-order chi connectivity index (χ0) is 13.3. The second kappa shape index (κ2) is 4.62. The molecule has 96 valence electrons. The van der Waals surface area contributed by atoms with Gasteiger partial charge >= 0.3 is 6.18 Å². The van der Waals surface area contributed by atoms with E-state index in [9.17, 15) is 13.2 Å². The van der Waals surface area contributed by atoms with E-state index in [1.54, 1.807) is 12.1 Å². The molecule has 0 amide bonds. The number of hydrogen-bond donors (Lipinski definition) is 1. The van der Waals surface area contributed by atoms with E-state index in [1.165, 1.54) is 6.07 Å². The lowest BCUT2D eigenvalue weighted by molar-refractivity contribution is -0.137. The Balaban J connectivity index is 2.38. The van der Waals surface area contributed by atoms with E-state index >= 15 is 0 Å². The first-order valence-electron chi connectivity index (χ1n) is 5.02. The Bertz CT molecular complexity index is 563. The number of benzene rings is 1. The molecular weight excluding hydrogens is 267 g/mol. The van der Waals surface area contributed by atoms with E-state index in [0.29, 0.717) is 10.7 Å². The number of aromatic nitrogens is 2. The molecule has 2 aromatic rings. The average molecular weight is 276 g/mol. The summed E-state index contributed by atoms with van der Waals surface area (Å²) in [5, 5.41) is 4.06. The van der Waals surface area contributed by atoms with Crippen LogP contribution < -0.4 is 5.73 Å². The van der Waals surface area contributed by atoms with Crippen molar-refractivity contribution in [2.24, 2.45) is 5.73 Å². The van der Waals surface area contributed by atoms with Crippen molar-refractivity contribution in [2.75, 3.05) is 0 Å². The molecule has 18 heavy (non-hydrogen) atoms. The Labute approximate surface area is 106 Å². The van der Waals surface area contributed by atoms with Gasteiger partial charge in [0.1, 0.15) is 0 Å². The Morgan fingerprint density at radius 3 is 2.56 bits per heavy atom. The standard InChI is InChI=1S/C11H9ClF3N3/c12-10-3-9(2-1-7(10)4-16)18-6-8(5-17-18)11(13,14)15/h1-3,5-6H,4,16H2. The predicted molar refractivity (Wildman–Crippen MR) is 61.5 cm³/mol. The number of nitrogens with zero attached hydrogens (tertiary/aromatic N) is 2. The van der Waals surface area contributed by atoms with Crippen molar-refractivity contribution in [1.82, 2.24) is 9.78 Å². The summed E-state index contributed by atoms with van der Waals surface area (Å²) in [6.45, 7) is 0.270. The third-order valence-electron chi connectivity index (χ3n) is 2.43. The number of halogens is 4. The Morgan fingerprint density at radius 1 is 1.33 bits per heavy atom. The highest BCUT2D eigenvalue weighted by Crippen LogP contribution is 2.29. The third-order valence-corrected chi connectivity index (χ3v) is 2.78. The third kappa shape index (κ3) is 2.49. The zero-order valence-electron chi connectivity index (χ0n) is 9.08. The molecule has 2 N–H and O–H groups in total. The van der Waals surface area contributed by atoms with Crippen molar-refractivity contribution >= 4 is 11.6 Å². The summed E-state index contributed by atoms with van der Waals surface area (Å²) < 4.78 is 38.4. The normalized spacial score (nSPS) is 11.8. The minimum atomic E-state index is -4.40. The summed E-state index contributed by atoms with van der Waals surface area (Å²) >= 11 is 5.93. The zero-order valence-corrected chi connectivity index (χ0v) is 9.83. The van der Waals surface area contributed by atoms with Crippen LogP contribution in [-0.4, -0.2) is 9.78 Å². The fraction of sp³-hybridized carbons (Fsp3) is 0.182. The molecule has 0 aliphatic rings. The summed E-state index contributed by atoms with van der Waals surface area (Å²) in [5.41, 5.74) is 5.82. The summed E-state index contributed by atoms with van der Waals surface area (Å²) in [7, 11) is 0. The molecule has 0 aliphatic heterocycles. The molecule has 7 heteroatoms. The second-order valence-corrected chi connectivity index (χ2v) is 4.06. The number of hydrogen-bond acceptors (Lipinski definition) is 2. The van der Waals surface area contributed by atoms with Gasteiger partial charge in [-0.3, -0.25) is 0 Å². The van der Waals surface area contributed by atoms with Crippen LogP contribution in [0.3, 0.4) is 0 Å². The Morgan fingerprint density at radius 2 is 2.06 bits per heavy atom. The van der Waals surface area contributed by atoms with Gasteiger partial charge in [0.15, 0.2) is 0 Å². The van der Waals surface area contributed by atoms with Crippen LogP contribution in [0.5, 0.6) is 0 Å². The van der Waals surface area contributed by atoms with E-state index in [0.717, 1.165) is 22.6 Å². The molecule has 0 spiro atoms. The highest BCUT2D eigenvalue weighted by molar-refractivity contribution is 6.31. The van der Waals surface area contributed by atoms with Crippen LogP contribution >= 0.6 is 11.6 Å². The summed E-state index contributed by atoms with van der Waals surface area (Å²) in [6, 6.07) is 4.80. The molecule has 1 aromatic heterocycles. The maximum atomic E-state index is 12.4. The number of rotatable bonds is 2. The lowest BCUT2D eigenvalue weighted by Gasteiger charge is -2.05. The van der Waals surface area contributed by atoms with E-state index < -0.39 is 11.7 Å². The molecule has 0 bridgehead atoms. The van der Waals surface area contributed by atoms with E-state index in [1.807, 2.05) is 0 Å². The SMILES string of the molecule is NCc1ccc(-n2cc(C(F)(F)F)cn2)cc1Cl. The van der Waals surface area contributed by atoms with Crippen molar-refractivity contribution < 1.29 is 13.2 Å². The van der Waals surface area contributed by atoms with Crippen molar-refractivity contribution in [3.63, 3.8) is 0 Å². The molecule has 0 saturated heterocycles. The quantitative estimate of drug-likeness (QED) is 0.916. The lowest BCUT2D eigenvalue weighted by Crippen LogP contribution is -2.03. The minimum Gasteiger partial charge on any atom is -0.326 e. The Hall–Kier alpha value is -1.53. The largest absolute Gasteiger partial charge is 0.419 e. The summed E-state index contributed by atoms with van der Waals surface area (Å²) in [5.74, 6) is 0. The first-order valence-corrected chi connectivity index (χ1v) is 5.40. The van der Waals surface area contributed by atoms with Crippen molar-refractivity contribution in [3.8, 4) is 5.69 Å².